The van der Waals surface area contributed by atoms with Gasteiger partial charge in [-0.1, -0.05) is 23.8 Å². The number of nitrogens with zero attached hydrogens (tertiary/aromatic N) is 3. The summed E-state index contributed by atoms with van der Waals surface area (Å²) in [7, 11) is 0. The van der Waals surface area contributed by atoms with E-state index in [1.165, 1.54) is 16.7 Å². The van der Waals surface area contributed by atoms with Gasteiger partial charge < -0.3 is 0 Å². The highest BCUT2D eigenvalue weighted by Gasteiger charge is 2.05. The van der Waals surface area contributed by atoms with E-state index in [1.54, 1.807) is 6.20 Å². The Balaban J connectivity index is 2.24. The molecule has 0 unspecified atom stereocenters. The monoisotopic (exact) mass is 359 g/mol. The maximum absolute atomic E-state index is 4.77. The number of allylic oxidation sites excluding steroid dienone is 2. The Morgan fingerprint density at radius 3 is 2.41 bits per heavy atom. The minimum Gasteiger partial charge on any atom is -0.260 e. The van der Waals surface area contributed by atoms with Gasteiger partial charge in [-0.3, -0.25) is 9.98 Å². The molecule has 0 N–H and O–H groups in total. The highest BCUT2D eigenvalue weighted by Crippen LogP contribution is 2.21. The molecular formula is C24H29N3. The molecule has 0 spiro atoms. The Kier molecular flexibility index (Phi) is 7.42. The Morgan fingerprint density at radius 1 is 1.07 bits per heavy atom. The molecule has 2 rings (SSSR count). The summed E-state index contributed by atoms with van der Waals surface area (Å²) in [5.41, 5.74) is 8.30. The lowest BCUT2D eigenvalue weighted by atomic mass is 10.0. The Hall–Kier alpha value is -2.81. The molecular weight excluding hydrogens is 330 g/mol. The third-order valence-electron chi connectivity index (χ3n) is 4.35. The van der Waals surface area contributed by atoms with Crippen molar-refractivity contribution in [1.82, 2.24) is 4.98 Å². The van der Waals surface area contributed by atoms with Crippen LogP contribution in [0.4, 0.5) is 5.69 Å². The van der Waals surface area contributed by atoms with Crippen LogP contribution >= 0.6 is 0 Å². The van der Waals surface area contributed by atoms with E-state index in [0.717, 1.165) is 41.3 Å². The number of aryl methyl sites for hydroxylation is 2. The van der Waals surface area contributed by atoms with Crippen molar-refractivity contribution in [2.45, 2.75) is 47.5 Å². The van der Waals surface area contributed by atoms with Gasteiger partial charge in [0, 0.05) is 6.20 Å². The first-order chi connectivity index (χ1) is 12.9. The quantitative estimate of drug-likeness (QED) is 0.417. The van der Waals surface area contributed by atoms with Gasteiger partial charge in [-0.25, -0.2) is 4.98 Å². The van der Waals surface area contributed by atoms with Crippen molar-refractivity contribution in [3.8, 4) is 0 Å². The maximum atomic E-state index is 4.77. The largest absolute Gasteiger partial charge is 0.260 e. The van der Waals surface area contributed by atoms with Crippen LogP contribution in [0, 0.1) is 6.92 Å². The zero-order valence-electron chi connectivity index (χ0n) is 17.1. The number of rotatable bonds is 7. The molecule has 0 fully saturated rings. The molecule has 3 nitrogen and oxygen atoms in total. The fraction of sp³-hybridized carbons (Fsp3) is 0.292. The number of benzene rings is 1. The number of aliphatic imine (C=N–C) groups is 2. The highest BCUT2D eigenvalue weighted by molar-refractivity contribution is 6.01. The second-order valence-corrected chi connectivity index (χ2v) is 6.87. The van der Waals surface area contributed by atoms with E-state index in [2.05, 4.69) is 43.6 Å². The smallest absolute Gasteiger partial charge is 0.0849 e. The third-order valence-corrected chi connectivity index (χ3v) is 4.35. The van der Waals surface area contributed by atoms with Gasteiger partial charge in [0.05, 0.1) is 28.5 Å². The second kappa shape index (κ2) is 9.77. The lowest BCUT2D eigenvalue weighted by Crippen LogP contribution is -2.04. The Bertz CT molecular complexity index is 902. The molecule has 0 saturated heterocycles. The molecule has 140 valence electrons. The molecule has 0 radical (unpaired) electrons. The topological polar surface area (TPSA) is 37.6 Å². The summed E-state index contributed by atoms with van der Waals surface area (Å²) in [6, 6.07) is 12.3. The highest BCUT2D eigenvalue weighted by atomic mass is 14.8. The standard InChI is InChI=1S/C24H29N3/c1-7-15-25-19(5)23-9-8-10-24(27-23)20(6)26-22-14-13-21(18(4)16-22)12-11-17(2)3/h7-10,13-16H,2,11-12H2,1,3-6H3/b15-7+,25-19?,26-20?. The minimum atomic E-state index is 0.867. The van der Waals surface area contributed by atoms with Crippen molar-refractivity contribution in [3.63, 3.8) is 0 Å². The number of pyridine rings is 1. The van der Waals surface area contributed by atoms with Gasteiger partial charge in [0.25, 0.3) is 0 Å². The predicted octanol–water partition coefficient (Wildman–Crippen LogP) is 6.38. The van der Waals surface area contributed by atoms with Crippen LogP contribution in [0.1, 0.15) is 56.6 Å². The summed E-state index contributed by atoms with van der Waals surface area (Å²) < 4.78 is 0. The zero-order valence-corrected chi connectivity index (χ0v) is 17.1. The molecule has 1 heterocycles. The summed E-state index contributed by atoms with van der Waals surface area (Å²) in [5, 5.41) is 0. The van der Waals surface area contributed by atoms with Crippen molar-refractivity contribution < 1.29 is 0 Å². The van der Waals surface area contributed by atoms with E-state index in [4.69, 9.17) is 9.98 Å². The fourth-order valence-electron chi connectivity index (χ4n) is 2.72. The zero-order chi connectivity index (χ0) is 19.8. The lowest BCUT2D eigenvalue weighted by molar-refractivity contribution is 0.936. The molecule has 2 aromatic rings. The van der Waals surface area contributed by atoms with Gasteiger partial charge in [-0.15, -0.1) is 6.58 Å². The van der Waals surface area contributed by atoms with Crippen molar-refractivity contribution in [2.24, 2.45) is 9.98 Å². The van der Waals surface area contributed by atoms with Crippen molar-refractivity contribution in [2.75, 3.05) is 0 Å². The van der Waals surface area contributed by atoms with Gasteiger partial charge in [-0.2, -0.15) is 0 Å². The van der Waals surface area contributed by atoms with Gasteiger partial charge in [0.1, 0.15) is 0 Å². The molecule has 27 heavy (non-hydrogen) atoms. The first-order valence-corrected chi connectivity index (χ1v) is 9.33. The van der Waals surface area contributed by atoms with Crippen LogP contribution in [0.15, 0.2) is 70.8 Å². The van der Waals surface area contributed by atoms with E-state index in [1.807, 2.05) is 45.0 Å². The molecule has 0 bridgehead atoms. The van der Waals surface area contributed by atoms with Gasteiger partial charge in [-0.05, 0) is 82.9 Å². The fourth-order valence-corrected chi connectivity index (χ4v) is 2.72. The van der Waals surface area contributed by atoms with E-state index in [-0.39, 0.29) is 0 Å². The normalized spacial score (nSPS) is 12.6. The van der Waals surface area contributed by atoms with Gasteiger partial charge >= 0.3 is 0 Å². The summed E-state index contributed by atoms with van der Waals surface area (Å²) in [5.74, 6) is 0. The summed E-state index contributed by atoms with van der Waals surface area (Å²) in [6.45, 7) is 14.1. The number of hydrogen-bond acceptors (Lipinski definition) is 3. The van der Waals surface area contributed by atoms with Crippen LogP contribution < -0.4 is 0 Å². The first kappa shape index (κ1) is 20.5. The molecule has 0 aliphatic rings. The first-order valence-electron chi connectivity index (χ1n) is 9.33. The average Bonchev–Trinajstić information content (AvgIpc) is 2.65. The molecule has 0 aliphatic heterocycles. The lowest BCUT2D eigenvalue weighted by Gasteiger charge is -2.08. The van der Waals surface area contributed by atoms with E-state index < -0.39 is 0 Å². The maximum Gasteiger partial charge on any atom is 0.0849 e. The molecule has 0 saturated carbocycles. The third kappa shape index (κ3) is 6.14. The van der Waals surface area contributed by atoms with Gasteiger partial charge in [0.15, 0.2) is 0 Å². The average molecular weight is 360 g/mol. The minimum absolute atomic E-state index is 0.867. The van der Waals surface area contributed by atoms with E-state index in [0.29, 0.717) is 0 Å². The molecule has 0 amide bonds. The summed E-state index contributed by atoms with van der Waals surface area (Å²) in [6.07, 6.45) is 5.73. The van der Waals surface area contributed by atoms with Crippen molar-refractivity contribution >= 4 is 17.1 Å². The van der Waals surface area contributed by atoms with Crippen LogP contribution in [-0.2, 0) is 6.42 Å². The molecule has 1 aromatic carbocycles. The predicted molar refractivity (Wildman–Crippen MR) is 117 cm³/mol. The SMILES string of the molecule is C=C(C)CCc1ccc(N=C(C)c2cccc(C(C)=N/C=C/C)n2)cc1C. The van der Waals surface area contributed by atoms with Crippen LogP contribution in [0.3, 0.4) is 0 Å². The van der Waals surface area contributed by atoms with Crippen molar-refractivity contribution in [3.05, 3.63) is 83.3 Å². The Labute approximate surface area is 163 Å². The molecule has 1 aromatic heterocycles. The van der Waals surface area contributed by atoms with Gasteiger partial charge in [0.2, 0.25) is 0 Å². The molecule has 3 heteroatoms. The van der Waals surface area contributed by atoms with E-state index in [9.17, 15) is 0 Å². The molecule has 0 aliphatic carbocycles. The Morgan fingerprint density at radius 2 is 1.78 bits per heavy atom. The molecule has 0 atom stereocenters. The number of hydrogen-bond donors (Lipinski definition) is 0. The summed E-state index contributed by atoms with van der Waals surface area (Å²) >= 11 is 0. The summed E-state index contributed by atoms with van der Waals surface area (Å²) in [4.78, 5) is 13.9. The second-order valence-electron chi connectivity index (χ2n) is 6.87. The van der Waals surface area contributed by atoms with Crippen LogP contribution in [0.5, 0.6) is 0 Å². The van der Waals surface area contributed by atoms with E-state index >= 15 is 0 Å². The van der Waals surface area contributed by atoms with Crippen LogP contribution in [0.2, 0.25) is 0 Å². The number of aromatic nitrogens is 1. The van der Waals surface area contributed by atoms with Crippen LogP contribution in [-0.4, -0.2) is 16.4 Å². The van der Waals surface area contributed by atoms with Crippen molar-refractivity contribution in [1.29, 1.82) is 0 Å². The van der Waals surface area contributed by atoms with Crippen LogP contribution in [0.25, 0.3) is 0 Å².